The Morgan fingerprint density at radius 3 is 2.09 bits per heavy atom. The van der Waals surface area contributed by atoms with Gasteiger partial charge in [-0.25, -0.2) is 0 Å². The number of carbonyl (C=O) groups is 1. The zero-order chi connectivity index (χ0) is 9.07. The summed E-state index contributed by atoms with van der Waals surface area (Å²) in [6.45, 7) is 12.0. The van der Waals surface area contributed by atoms with Crippen LogP contribution >= 0.6 is 0 Å². The van der Waals surface area contributed by atoms with E-state index in [2.05, 4.69) is 27.4 Å². The molecule has 1 heteroatoms. The summed E-state index contributed by atoms with van der Waals surface area (Å²) >= 11 is 0. The summed E-state index contributed by atoms with van der Waals surface area (Å²) in [5.74, 6) is 0.111. The third-order valence-electron chi connectivity index (χ3n) is 1.85. The number of aldehydes is 1. The number of hydrogen-bond donors (Lipinski definition) is 0. The van der Waals surface area contributed by atoms with Gasteiger partial charge in [-0.05, 0) is 18.8 Å². The van der Waals surface area contributed by atoms with Crippen LogP contribution in [0.15, 0.2) is 12.2 Å². The number of allylic oxidation sites excluding steroid dienone is 1. The summed E-state index contributed by atoms with van der Waals surface area (Å²) in [4.78, 5) is 10.6. The quantitative estimate of drug-likeness (QED) is 0.451. The highest BCUT2D eigenvalue weighted by molar-refractivity contribution is 5.55. The molecule has 0 aliphatic heterocycles. The fourth-order valence-electron chi connectivity index (χ4n) is 0.934. The standard InChI is InChI=1S/C10H18O/c1-8(2)6-9(7-11)10(3,4)5/h7,9H,1,6H2,2-5H3. The smallest absolute Gasteiger partial charge is 0.123 e. The van der Waals surface area contributed by atoms with Gasteiger partial charge in [-0.1, -0.05) is 26.3 Å². The molecule has 1 atom stereocenters. The maximum absolute atomic E-state index is 10.6. The van der Waals surface area contributed by atoms with Crippen molar-refractivity contribution in [3.05, 3.63) is 12.2 Å². The maximum Gasteiger partial charge on any atom is 0.123 e. The van der Waals surface area contributed by atoms with Crippen LogP contribution in [0.1, 0.15) is 34.1 Å². The van der Waals surface area contributed by atoms with Gasteiger partial charge in [0.15, 0.2) is 0 Å². The van der Waals surface area contributed by atoms with Crippen molar-refractivity contribution >= 4 is 6.29 Å². The molecule has 1 unspecified atom stereocenters. The zero-order valence-electron chi connectivity index (χ0n) is 7.98. The van der Waals surface area contributed by atoms with E-state index in [1.54, 1.807) is 0 Å². The van der Waals surface area contributed by atoms with Crippen LogP contribution < -0.4 is 0 Å². The lowest BCUT2D eigenvalue weighted by atomic mass is 9.78. The van der Waals surface area contributed by atoms with E-state index in [1.807, 2.05) is 6.92 Å². The van der Waals surface area contributed by atoms with Crippen LogP contribution in [0, 0.1) is 11.3 Å². The van der Waals surface area contributed by atoms with Gasteiger partial charge in [-0.3, -0.25) is 0 Å². The Bertz CT molecular complexity index is 151. The predicted molar refractivity (Wildman–Crippen MR) is 48.4 cm³/mol. The minimum absolute atomic E-state index is 0.0701. The molecule has 1 nitrogen and oxygen atoms in total. The molecule has 0 aromatic heterocycles. The van der Waals surface area contributed by atoms with E-state index in [4.69, 9.17) is 0 Å². The van der Waals surface area contributed by atoms with E-state index in [0.29, 0.717) is 0 Å². The summed E-state index contributed by atoms with van der Waals surface area (Å²) in [5.41, 5.74) is 1.15. The van der Waals surface area contributed by atoms with Crippen LogP contribution in [0.5, 0.6) is 0 Å². The van der Waals surface area contributed by atoms with Gasteiger partial charge >= 0.3 is 0 Å². The Morgan fingerprint density at radius 1 is 1.55 bits per heavy atom. The second-order valence-corrected chi connectivity index (χ2v) is 4.27. The first-order valence-corrected chi connectivity index (χ1v) is 3.97. The average Bonchev–Trinajstić information content (AvgIpc) is 1.79. The van der Waals surface area contributed by atoms with Gasteiger partial charge in [0.1, 0.15) is 6.29 Å². The molecule has 0 radical (unpaired) electrons. The first-order valence-electron chi connectivity index (χ1n) is 3.97. The SMILES string of the molecule is C=C(C)CC(C=O)C(C)(C)C. The molecule has 0 bridgehead atoms. The molecule has 0 saturated carbocycles. The molecule has 0 saturated heterocycles. The number of carbonyl (C=O) groups excluding carboxylic acids is 1. The van der Waals surface area contributed by atoms with Gasteiger partial charge in [0.25, 0.3) is 0 Å². The van der Waals surface area contributed by atoms with Crippen LogP contribution in [0.25, 0.3) is 0 Å². The van der Waals surface area contributed by atoms with Crippen LogP contribution in [0.4, 0.5) is 0 Å². The van der Waals surface area contributed by atoms with Crippen molar-refractivity contribution < 1.29 is 4.79 Å². The molecule has 0 fully saturated rings. The molecule has 0 spiro atoms. The topological polar surface area (TPSA) is 17.1 Å². The van der Waals surface area contributed by atoms with Crippen molar-refractivity contribution in [3.63, 3.8) is 0 Å². The third-order valence-corrected chi connectivity index (χ3v) is 1.85. The van der Waals surface area contributed by atoms with Crippen molar-refractivity contribution in [2.75, 3.05) is 0 Å². The average molecular weight is 154 g/mol. The first-order chi connectivity index (χ1) is 4.88. The minimum atomic E-state index is 0.0701. The molecule has 0 amide bonds. The second-order valence-electron chi connectivity index (χ2n) is 4.27. The van der Waals surface area contributed by atoms with Gasteiger partial charge in [-0.15, -0.1) is 6.58 Å². The fraction of sp³-hybridized carbons (Fsp3) is 0.700. The van der Waals surface area contributed by atoms with Crippen molar-refractivity contribution in [1.82, 2.24) is 0 Å². The summed E-state index contributed by atoms with van der Waals surface area (Å²) in [6.07, 6.45) is 1.85. The Balaban J connectivity index is 4.18. The van der Waals surface area contributed by atoms with Crippen molar-refractivity contribution in [2.24, 2.45) is 11.3 Å². The van der Waals surface area contributed by atoms with Gasteiger partial charge in [0.2, 0.25) is 0 Å². The largest absolute Gasteiger partial charge is 0.303 e. The Morgan fingerprint density at radius 2 is 2.00 bits per heavy atom. The van der Waals surface area contributed by atoms with Gasteiger partial charge in [-0.2, -0.15) is 0 Å². The van der Waals surface area contributed by atoms with E-state index < -0.39 is 0 Å². The Labute approximate surface area is 69.5 Å². The lowest BCUT2D eigenvalue weighted by Crippen LogP contribution is -2.21. The molecule has 0 aliphatic rings. The minimum Gasteiger partial charge on any atom is -0.303 e. The lowest BCUT2D eigenvalue weighted by molar-refractivity contribution is -0.113. The van der Waals surface area contributed by atoms with Gasteiger partial charge in [0, 0.05) is 5.92 Å². The molecular formula is C10H18O. The summed E-state index contributed by atoms with van der Waals surface area (Å²) in [7, 11) is 0. The molecule has 0 aliphatic carbocycles. The van der Waals surface area contributed by atoms with Crippen LogP contribution in [0.2, 0.25) is 0 Å². The predicted octanol–water partition coefficient (Wildman–Crippen LogP) is 2.81. The molecule has 0 rings (SSSR count). The normalized spacial score (nSPS) is 14.2. The molecule has 0 heterocycles. The molecule has 64 valence electrons. The molecule has 11 heavy (non-hydrogen) atoms. The monoisotopic (exact) mass is 154 g/mol. The van der Waals surface area contributed by atoms with Gasteiger partial charge < -0.3 is 4.79 Å². The molecule has 0 N–H and O–H groups in total. The van der Waals surface area contributed by atoms with E-state index in [-0.39, 0.29) is 11.3 Å². The summed E-state index contributed by atoms with van der Waals surface area (Å²) < 4.78 is 0. The van der Waals surface area contributed by atoms with E-state index >= 15 is 0 Å². The highest BCUT2D eigenvalue weighted by Gasteiger charge is 2.23. The third kappa shape index (κ3) is 3.97. The second kappa shape index (κ2) is 3.70. The molecule has 0 aromatic rings. The summed E-state index contributed by atoms with van der Waals surface area (Å²) in [5, 5.41) is 0. The Hall–Kier alpha value is -0.590. The highest BCUT2D eigenvalue weighted by atomic mass is 16.1. The zero-order valence-corrected chi connectivity index (χ0v) is 7.98. The van der Waals surface area contributed by atoms with Crippen LogP contribution in [0.3, 0.4) is 0 Å². The molecular weight excluding hydrogens is 136 g/mol. The summed E-state index contributed by atoms with van der Waals surface area (Å²) in [6, 6.07) is 0. The van der Waals surface area contributed by atoms with E-state index in [9.17, 15) is 4.79 Å². The van der Waals surface area contributed by atoms with E-state index in [0.717, 1.165) is 18.3 Å². The lowest BCUT2D eigenvalue weighted by Gasteiger charge is -2.25. The van der Waals surface area contributed by atoms with Crippen molar-refractivity contribution in [3.8, 4) is 0 Å². The van der Waals surface area contributed by atoms with E-state index in [1.165, 1.54) is 0 Å². The van der Waals surface area contributed by atoms with Crippen LogP contribution in [-0.2, 0) is 4.79 Å². The van der Waals surface area contributed by atoms with Crippen molar-refractivity contribution in [1.29, 1.82) is 0 Å². The molecule has 0 aromatic carbocycles. The van der Waals surface area contributed by atoms with Crippen molar-refractivity contribution in [2.45, 2.75) is 34.1 Å². The number of rotatable bonds is 3. The fourth-order valence-corrected chi connectivity index (χ4v) is 0.934. The van der Waals surface area contributed by atoms with Gasteiger partial charge in [0.05, 0.1) is 0 Å². The van der Waals surface area contributed by atoms with Crippen LogP contribution in [-0.4, -0.2) is 6.29 Å². The number of hydrogen-bond acceptors (Lipinski definition) is 1. The highest BCUT2D eigenvalue weighted by Crippen LogP contribution is 2.28. The first kappa shape index (κ1) is 10.4. The Kier molecular flexibility index (Phi) is 3.50. The maximum atomic E-state index is 10.6.